The first kappa shape index (κ1) is 25.0. The van der Waals surface area contributed by atoms with E-state index in [1.807, 2.05) is 0 Å². The molecule has 0 radical (unpaired) electrons. The SMILES string of the molecule is CNc1ncc(Cl)cc1C(=O)N(CCc1cccc(C(F)(F)F)c1)Cc1ccc(C2(F)CC2)cc1. The van der Waals surface area contributed by atoms with Crippen molar-refractivity contribution in [2.45, 2.75) is 37.7 Å². The molecule has 35 heavy (non-hydrogen) atoms. The summed E-state index contributed by atoms with van der Waals surface area (Å²) >= 11 is 6.08. The van der Waals surface area contributed by atoms with Gasteiger partial charge in [0.25, 0.3) is 5.91 Å². The first-order valence-corrected chi connectivity index (χ1v) is 11.5. The number of aromatic nitrogens is 1. The number of benzene rings is 2. The van der Waals surface area contributed by atoms with Gasteiger partial charge in [0, 0.05) is 26.3 Å². The van der Waals surface area contributed by atoms with Crippen molar-refractivity contribution in [3.8, 4) is 0 Å². The number of rotatable bonds is 8. The number of pyridine rings is 1. The molecular formula is C26H24ClF4N3O. The van der Waals surface area contributed by atoms with Gasteiger partial charge in [0.05, 0.1) is 16.1 Å². The van der Waals surface area contributed by atoms with Crippen LogP contribution in [0.2, 0.25) is 5.02 Å². The minimum atomic E-state index is -4.45. The van der Waals surface area contributed by atoms with Gasteiger partial charge in [-0.25, -0.2) is 9.37 Å². The number of hydrogen-bond donors (Lipinski definition) is 1. The monoisotopic (exact) mass is 505 g/mol. The molecule has 1 aliphatic rings. The van der Waals surface area contributed by atoms with Crippen LogP contribution in [0.4, 0.5) is 23.4 Å². The van der Waals surface area contributed by atoms with Crippen molar-refractivity contribution in [2.75, 3.05) is 18.9 Å². The molecule has 0 spiro atoms. The fourth-order valence-corrected chi connectivity index (χ4v) is 4.08. The van der Waals surface area contributed by atoms with Gasteiger partial charge >= 0.3 is 6.18 Å². The van der Waals surface area contributed by atoms with E-state index in [4.69, 9.17) is 11.6 Å². The average molecular weight is 506 g/mol. The van der Waals surface area contributed by atoms with Crippen LogP contribution in [0, 0.1) is 0 Å². The lowest BCUT2D eigenvalue weighted by Crippen LogP contribution is -2.33. The summed E-state index contributed by atoms with van der Waals surface area (Å²) in [6.45, 7) is 0.345. The van der Waals surface area contributed by atoms with Crippen molar-refractivity contribution >= 4 is 23.3 Å². The Kier molecular flexibility index (Phi) is 7.03. The Morgan fingerprint density at radius 2 is 1.83 bits per heavy atom. The molecule has 1 aromatic heterocycles. The molecule has 0 unspecified atom stereocenters. The van der Waals surface area contributed by atoms with Crippen LogP contribution >= 0.6 is 11.6 Å². The quantitative estimate of drug-likeness (QED) is 0.349. The molecule has 4 rings (SSSR count). The zero-order chi connectivity index (χ0) is 25.2. The van der Waals surface area contributed by atoms with Crippen molar-refractivity contribution in [3.05, 3.63) is 93.6 Å². The van der Waals surface area contributed by atoms with Crippen molar-refractivity contribution in [1.29, 1.82) is 0 Å². The second-order valence-corrected chi connectivity index (χ2v) is 9.07. The first-order chi connectivity index (χ1) is 16.6. The zero-order valence-corrected chi connectivity index (χ0v) is 19.8. The van der Waals surface area contributed by atoms with Gasteiger partial charge in [0.1, 0.15) is 11.5 Å². The van der Waals surface area contributed by atoms with E-state index in [1.54, 1.807) is 37.4 Å². The minimum Gasteiger partial charge on any atom is -0.372 e. The number of carbonyl (C=O) groups excluding carboxylic acids is 1. The van der Waals surface area contributed by atoms with Gasteiger partial charge in [-0.15, -0.1) is 0 Å². The molecule has 0 aliphatic heterocycles. The van der Waals surface area contributed by atoms with E-state index in [0.29, 0.717) is 29.8 Å². The summed E-state index contributed by atoms with van der Waals surface area (Å²) in [6, 6.07) is 13.6. The van der Waals surface area contributed by atoms with Crippen LogP contribution in [0.3, 0.4) is 0 Å². The summed E-state index contributed by atoms with van der Waals surface area (Å²) in [5, 5.41) is 3.15. The fourth-order valence-electron chi connectivity index (χ4n) is 3.92. The Labute approximate surface area is 205 Å². The number of nitrogens with one attached hydrogen (secondary N) is 1. The lowest BCUT2D eigenvalue weighted by Gasteiger charge is -2.24. The molecule has 0 saturated heterocycles. The van der Waals surface area contributed by atoms with E-state index in [0.717, 1.165) is 17.7 Å². The summed E-state index contributed by atoms with van der Waals surface area (Å²) in [5.41, 5.74) is 0.0998. The molecule has 3 aromatic rings. The maximum absolute atomic E-state index is 14.4. The average Bonchev–Trinajstić information content (AvgIpc) is 3.59. The third-order valence-corrected chi connectivity index (χ3v) is 6.27. The lowest BCUT2D eigenvalue weighted by atomic mass is 10.0. The maximum atomic E-state index is 14.4. The van der Waals surface area contributed by atoms with Crippen LogP contribution in [0.15, 0.2) is 60.8 Å². The second-order valence-electron chi connectivity index (χ2n) is 8.64. The van der Waals surface area contributed by atoms with E-state index in [-0.39, 0.29) is 36.0 Å². The van der Waals surface area contributed by atoms with Gasteiger partial charge in [-0.05, 0) is 48.1 Å². The van der Waals surface area contributed by atoms with Crippen molar-refractivity contribution in [1.82, 2.24) is 9.88 Å². The Balaban J connectivity index is 1.59. The fraction of sp³-hybridized carbons (Fsp3) is 0.308. The number of amides is 1. The number of alkyl halides is 4. The first-order valence-electron chi connectivity index (χ1n) is 11.2. The molecule has 0 bridgehead atoms. The van der Waals surface area contributed by atoms with E-state index >= 15 is 0 Å². The Hall–Kier alpha value is -3.13. The number of anilines is 1. The highest BCUT2D eigenvalue weighted by Gasteiger charge is 2.44. The highest BCUT2D eigenvalue weighted by atomic mass is 35.5. The molecule has 1 fully saturated rings. The Bertz CT molecular complexity index is 1210. The molecule has 1 saturated carbocycles. The Morgan fingerprint density at radius 3 is 2.46 bits per heavy atom. The molecule has 9 heteroatoms. The van der Waals surface area contributed by atoms with Crippen LogP contribution in [0.5, 0.6) is 0 Å². The molecule has 1 amide bonds. The van der Waals surface area contributed by atoms with Gasteiger partial charge in [-0.3, -0.25) is 4.79 Å². The van der Waals surface area contributed by atoms with Gasteiger partial charge in [-0.2, -0.15) is 13.2 Å². The molecule has 0 atom stereocenters. The molecule has 1 heterocycles. The van der Waals surface area contributed by atoms with Gasteiger partial charge < -0.3 is 10.2 Å². The third kappa shape index (κ3) is 5.93. The second kappa shape index (κ2) is 9.85. The molecule has 184 valence electrons. The van der Waals surface area contributed by atoms with Gasteiger partial charge in [-0.1, -0.05) is 54.1 Å². The maximum Gasteiger partial charge on any atom is 0.416 e. The summed E-state index contributed by atoms with van der Waals surface area (Å²) < 4.78 is 53.7. The predicted molar refractivity (Wildman–Crippen MR) is 127 cm³/mol. The van der Waals surface area contributed by atoms with Crippen LogP contribution < -0.4 is 5.32 Å². The number of nitrogens with zero attached hydrogens (tertiary/aromatic N) is 2. The number of halogens is 5. The van der Waals surface area contributed by atoms with Crippen LogP contribution in [0.25, 0.3) is 0 Å². The highest BCUT2D eigenvalue weighted by Crippen LogP contribution is 2.49. The molecule has 2 aromatic carbocycles. The smallest absolute Gasteiger partial charge is 0.372 e. The largest absolute Gasteiger partial charge is 0.416 e. The summed E-state index contributed by atoms with van der Waals surface area (Å²) in [6.07, 6.45) is -1.81. The van der Waals surface area contributed by atoms with E-state index in [2.05, 4.69) is 10.3 Å². The van der Waals surface area contributed by atoms with Crippen LogP contribution in [-0.4, -0.2) is 29.4 Å². The summed E-state index contributed by atoms with van der Waals surface area (Å²) in [7, 11) is 1.63. The topological polar surface area (TPSA) is 45.2 Å². The number of carbonyl (C=O) groups is 1. The molecule has 1 N–H and O–H groups in total. The third-order valence-electron chi connectivity index (χ3n) is 6.07. The summed E-state index contributed by atoms with van der Waals surface area (Å²) in [5.74, 6) is -0.0310. The van der Waals surface area contributed by atoms with E-state index in [1.165, 1.54) is 23.2 Å². The zero-order valence-electron chi connectivity index (χ0n) is 19.0. The van der Waals surface area contributed by atoms with E-state index < -0.39 is 17.4 Å². The highest BCUT2D eigenvalue weighted by molar-refractivity contribution is 6.31. The lowest BCUT2D eigenvalue weighted by molar-refractivity contribution is -0.137. The van der Waals surface area contributed by atoms with Crippen molar-refractivity contribution in [2.24, 2.45) is 0 Å². The normalized spacial score (nSPS) is 14.5. The van der Waals surface area contributed by atoms with Crippen LogP contribution in [-0.2, 0) is 24.8 Å². The predicted octanol–water partition coefficient (Wildman–Crippen LogP) is 6.64. The number of hydrogen-bond acceptors (Lipinski definition) is 3. The summed E-state index contributed by atoms with van der Waals surface area (Å²) in [4.78, 5) is 19.2. The van der Waals surface area contributed by atoms with Gasteiger partial charge in [0.2, 0.25) is 0 Å². The van der Waals surface area contributed by atoms with E-state index in [9.17, 15) is 22.4 Å². The van der Waals surface area contributed by atoms with Crippen molar-refractivity contribution < 1.29 is 22.4 Å². The van der Waals surface area contributed by atoms with Crippen LogP contribution in [0.1, 0.15) is 45.5 Å². The van der Waals surface area contributed by atoms with Crippen molar-refractivity contribution in [3.63, 3.8) is 0 Å². The Morgan fingerprint density at radius 1 is 1.11 bits per heavy atom. The van der Waals surface area contributed by atoms with Gasteiger partial charge in [0.15, 0.2) is 0 Å². The molecular weight excluding hydrogens is 482 g/mol. The molecule has 4 nitrogen and oxygen atoms in total. The molecule has 1 aliphatic carbocycles. The standard InChI is InChI=1S/C26H24ClF4N3O/c1-32-23-22(14-21(27)15-33-23)24(35)34(12-9-17-3-2-4-20(13-17)26(29,30)31)16-18-5-7-19(8-6-18)25(28)10-11-25/h2-8,13-15H,9-12,16H2,1H3,(H,32,33). The minimum absolute atomic E-state index is 0.157.